The molecule has 6 atom stereocenters. The molecule has 1 fully saturated rings. The molecule has 0 saturated carbocycles. The zero-order chi connectivity index (χ0) is 27.9. The van der Waals surface area contributed by atoms with Crippen LogP contribution in [-0.2, 0) is 42.9 Å². The van der Waals surface area contributed by atoms with Crippen molar-refractivity contribution in [3.63, 3.8) is 0 Å². The second kappa shape index (κ2) is 12.7. The number of methoxy groups -OCH3 is 1. The standard InChI is InChI=1S/C23H25NO13/c1-6-7-16(28)14-8-9-17(15(10-14)24(30)31)36-23-21(35-13(4)27)19(34-12(3)26)18(33-11(2)25)20(37-23)22(29)32-5/h1,8-10,16,18-21,23,28H,7H2,2-5H3/t16?,18-,19-,20?,21?,23+/m0/s1. The molecule has 1 aliphatic rings. The monoisotopic (exact) mass is 523 g/mol. The topological polar surface area (TPSA) is 187 Å². The minimum absolute atomic E-state index is 0.111. The molecule has 200 valence electrons. The Morgan fingerprint density at radius 2 is 1.65 bits per heavy atom. The normalized spacial score (nSPS) is 23.5. The molecule has 1 heterocycles. The van der Waals surface area contributed by atoms with E-state index in [1.807, 2.05) is 0 Å². The minimum atomic E-state index is -1.79. The molecule has 14 heteroatoms. The Hall–Kier alpha value is -4.22. The summed E-state index contributed by atoms with van der Waals surface area (Å²) in [6.07, 6.45) is -4.58. The highest BCUT2D eigenvalue weighted by atomic mass is 16.7. The largest absolute Gasteiger partial charge is 0.467 e. The summed E-state index contributed by atoms with van der Waals surface area (Å²) in [6.45, 7) is 3.04. The fourth-order valence-corrected chi connectivity index (χ4v) is 3.51. The average Bonchev–Trinajstić information content (AvgIpc) is 2.81. The molecular weight excluding hydrogens is 498 g/mol. The predicted octanol–water partition coefficient (Wildman–Crippen LogP) is 0.723. The Kier molecular flexibility index (Phi) is 9.92. The summed E-state index contributed by atoms with van der Waals surface area (Å²) in [6, 6.07) is 3.45. The van der Waals surface area contributed by atoms with Gasteiger partial charge in [0, 0.05) is 33.3 Å². The molecule has 0 aromatic heterocycles. The number of hydrogen-bond acceptors (Lipinski definition) is 13. The number of rotatable bonds is 9. The first kappa shape index (κ1) is 29.0. The first-order chi connectivity index (χ1) is 17.4. The number of benzene rings is 1. The molecule has 0 spiro atoms. The van der Waals surface area contributed by atoms with Gasteiger partial charge in [0.2, 0.25) is 12.4 Å². The van der Waals surface area contributed by atoms with Gasteiger partial charge in [-0.1, -0.05) is 6.07 Å². The zero-order valence-corrected chi connectivity index (χ0v) is 20.3. The summed E-state index contributed by atoms with van der Waals surface area (Å²) in [7, 11) is 1.01. The summed E-state index contributed by atoms with van der Waals surface area (Å²) < 4.78 is 31.5. The molecule has 1 N–H and O–H groups in total. The lowest BCUT2D eigenvalue weighted by atomic mass is 9.97. The lowest BCUT2D eigenvalue weighted by Gasteiger charge is -2.42. The molecular formula is C23H25NO13. The van der Waals surface area contributed by atoms with Crippen molar-refractivity contribution in [2.75, 3.05) is 7.11 Å². The quantitative estimate of drug-likeness (QED) is 0.157. The van der Waals surface area contributed by atoms with Crippen molar-refractivity contribution in [3.8, 4) is 18.1 Å². The highest BCUT2D eigenvalue weighted by Crippen LogP contribution is 2.36. The van der Waals surface area contributed by atoms with Crippen molar-refractivity contribution < 1.29 is 57.6 Å². The van der Waals surface area contributed by atoms with Crippen molar-refractivity contribution in [2.45, 2.75) is 64.0 Å². The van der Waals surface area contributed by atoms with Crippen LogP contribution in [0.15, 0.2) is 18.2 Å². The van der Waals surface area contributed by atoms with E-state index >= 15 is 0 Å². The van der Waals surface area contributed by atoms with Crippen molar-refractivity contribution in [3.05, 3.63) is 33.9 Å². The summed E-state index contributed by atoms with van der Waals surface area (Å²) in [5.74, 6) is -1.94. The average molecular weight is 523 g/mol. The Bertz CT molecular complexity index is 1090. The second-order valence-electron chi connectivity index (χ2n) is 7.70. The van der Waals surface area contributed by atoms with Crippen LogP contribution in [-0.4, -0.2) is 71.7 Å². The van der Waals surface area contributed by atoms with E-state index in [4.69, 9.17) is 30.1 Å². The SMILES string of the molecule is C#CCC(O)c1ccc(O[C@@H]2OC(C(=O)OC)[C@@H](OC(C)=O)[C@H](OC(C)=O)C2OC(C)=O)c([N+](=O)[O-])c1. The highest BCUT2D eigenvalue weighted by molar-refractivity contribution is 5.77. The molecule has 2 rings (SSSR count). The molecule has 0 radical (unpaired) electrons. The van der Waals surface area contributed by atoms with Gasteiger partial charge in [-0.15, -0.1) is 12.3 Å². The summed E-state index contributed by atoms with van der Waals surface area (Å²) >= 11 is 0. The Morgan fingerprint density at radius 1 is 1.08 bits per heavy atom. The van der Waals surface area contributed by atoms with Gasteiger partial charge < -0.3 is 33.5 Å². The summed E-state index contributed by atoms with van der Waals surface area (Å²) in [4.78, 5) is 58.9. The number of nitro benzene ring substituents is 1. The van der Waals surface area contributed by atoms with Crippen LogP contribution in [0, 0.1) is 22.5 Å². The number of hydrogen-bond donors (Lipinski definition) is 1. The maximum absolute atomic E-state index is 12.5. The van der Waals surface area contributed by atoms with Crippen LogP contribution in [0.4, 0.5) is 5.69 Å². The van der Waals surface area contributed by atoms with E-state index in [-0.39, 0.29) is 12.0 Å². The van der Waals surface area contributed by atoms with E-state index in [9.17, 15) is 34.4 Å². The summed E-state index contributed by atoms with van der Waals surface area (Å²) in [5.41, 5.74) is -0.502. The molecule has 1 aromatic rings. The van der Waals surface area contributed by atoms with Crippen LogP contribution in [0.2, 0.25) is 0 Å². The van der Waals surface area contributed by atoms with Crippen molar-refractivity contribution in [1.29, 1.82) is 0 Å². The van der Waals surface area contributed by atoms with Crippen LogP contribution < -0.4 is 4.74 Å². The zero-order valence-electron chi connectivity index (χ0n) is 20.3. The number of carbonyl (C=O) groups is 4. The maximum atomic E-state index is 12.5. The maximum Gasteiger partial charge on any atom is 0.339 e. The molecule has 0 amide bonds. The van der Waals surface area contributed by atoms with Gasteiger partial charge in [0.15, 0.2) is 24.1 Å². The Morgan fingerprint density at radius 3 is 2.16 bits per heavy atom. The van der Waals surface area contributed by atoms with E-state index in [2.05, 4.69) is 10.7 Å². The molecule has 1 aliphatic heterocycles. The van der Waals surface area contributed by atoms with Crippen LogP contribution in [0.25, 0.3) is 0 Å². The van der Waals surface area contributed by atoms with Gasteiger partial charge >= 0.3 is 29.6 Å². The lowest BCUT2D eigenvalue weighted by Crippen LogP contribution is -2.64. The Labute approximate surface area is 210 Å². The van der Waals surface area contributed by atoms with E-state index in [0.29, 0.717) is 0 Å². The molecule has 3 unspecified atom stereocenters. The molecule has 0 bridgehead atoms. The number of terminal acetylenes is 1. The molecule has 0 aliphatic carbocycles. The van der Waals surface area contributed by atoms with Crippen LogP contribution in [0.5, 0.6) is 5.75 Å². The molecule has 37 heavy (non-hydrogen) atoms. The minimum Gasteiger partial charge on any atom is -0.467 e. The van der Waals surface area contributed by atoms with Gasteiger partial charge in [-0.3, -0.25) is 24.5 Å². The van der Waals surface area contributed by atoms with Crippen LogP contribution in [0.3, 0.4) is 0 Å². The second-order valence-corrected chi connectivity index (χ2v) is 7.70. The van der Waals surface area contributed by atoms with Gasteiger partial charge in [0.05, 0.1) is 18.1 Å². The first-order valence-corrected chi connectivity index (χ1v) is 10.7. The molecule has 1 aromatic carbocycles. The van der Waals surface area contributed by atoms with E-state index < -0.39 is 77.0 Å². The van der Waals surface area contributed by atoms with Crippen LogP contribution >= 0.6 is 0 Å². The van der Waals surface area contributed by atoms with E-state index in [1.165, 1.54) is 6.07 Å². The smallest absolute Gasteiger partial charge is 0.339 e. The number of aliphatic hydroxyl groups excluding tert-OH is 1. The van der Waals surface area contributed by atoms with E-state index in [0.717, 1.165) is 40.0 Å². The number of nitro groups is 1. The lowest BCUT2D eigenvalue weighted by molar-refractivity contribution is -0.387. The van der Waals surface area contributed by atoms with Gasteiger partial charge in [-0.2, -0.15) is 0 Å². The third-order valence-electron chi connectivity index (χ3n) is 4.95. The molecule has 14 nitrogen and oxygen atoms in total. The molecule has 1 saturated heterocycles. The summed E-state index contributed by atoms with van der Waals surface area (Å²) in [5, 5.41) is 21.8. The number of esters is 4. The van der Waals surface area contributed by atoms with Gasteiger partial charge in [0.25, 0.3) is 0 Å². The van der Waals surface area contributed by atoms with Crippen molar-refractivity contribution in [1.82, 2.24) is 0 Å². The number of aliphatic hydroxyl groups is 1. The highest BCUT2D eigenvalue weighted by Gasteiger charge is 2.56. The number of carbonyl (C=O) groups excluding carboxylic acids is 4. The predicted molar refractivity (Wildman–Crippen MR) is 119 cm³/mol. The fourth-order valence-electron chi connectivity index (χ4n) is 3.51. The number of nitrogens with zero attached hydrogens (tertiary/aromatic N) is 1. The third-order valence-corrected chi connectivity index (χ3v) is 4.95. The van der Waals surface area contributed by atoms with E-state index in [1.54, 1.807) is 0 Å². The Balaban J connectivity index is 2.59. The third kappa shape index (κ3) is 7.38. The first-order valence-electron chi connectivity index (χ1n) is 10.7. The van der Waals surface area contributed by atoms with Gasteiger partial charge in [0.1, 0.15) is 0 Å². The van der Waals surface area contributed by atoms with Crippen molar-refractivity contribution in [2.24, 2.45) is 0 Å². The van der Waals surface area contributed by atoms with Crippen LogP contribution in [0.1, 0.15) is 38.9 Å². The number of ether oxygens (including phenoxy) is 6. The van der Waals surface area contributed by atoms with Gasteiger partial charge in [-0.25, -0.2) is 4.79 Å². The van der Waals surface area contributed by atoms with Crippen molar-refractivity contribution >= 4 is 29.6 Å². The fraction of sp³-hybridized carbons (Fsp3) is 0.478. The van der Waals surface area contributed by atoms with Gasteiger partial charge in [-0.05, 0) is 11.6 Å².